The molecule has 0 spiro atoms. The number of rotatable bonds is 2. The standard InChI is InChI=1S/C11H16FN3O4/c1-5(16)7-8(17)11(2,12)9(19-7)15-4-3-6(13)14-10(15)18/h3-5,7-9,16-17H,1-2H3,(H2,13,14,18)/t5-,7+,8+,9+,11-/m0/s1. The molecule has 0 unspecified atom stereocenters. The Balaban J connectivity index is 2.42. The third-order valence-corrected chi connectivity index (χ3v) is 3.24. The zero-order valence-electron chi connectivity index (χ0n) is 10.5. The zero-order valence-corrected chi connectivity index (χ0v) is 10.5. The molecule has 1 saturated heterocycles. The Morgan fingerprint density at radius 3 is 2.79 bits per heavy atom. The number of aromatic nitrogens is 2. The number of aliphatic hydroxyl groups is 2. The van der Waals surface area contributed by atoms with Gasteiger partial charge in [0.25, 0.3) is 0 Å². The highest BCUT2D eigenvalue weighted by atomic mass is 19.1. The van der Waals surface area contributed by atoms with Crippen LogP contribution in [0.2, 0.25) is 0 Å². The Kier molecular flexibility index (Phi) is 3.33. The van der Waals surface area contributed by atoms with Gasteiger partial charge >= 0.3 is 5.69 Å². The third-order valence-electron chi connectivity index (χ3n) is 3.24. The van der Waals surface area contributed by atoms with E-state index in [2.05, 4.69) is 4.98 Å². The van der Waals surface area contributed by atoms with Crippen molar-refractivity contribution in [1.82, 2.24) is 9.55 Å². The van der Waals surface area contributed by atoms with Gasteiger partial charge in [0.2, 0.25) is 0 Å². The van der Waals surface area contributed by atoms with Crippen molar-refractivity contribution in [3.63, 3.8) is 0 Å². The summed E-state index contributed by atoms with van der Waals surface area (Å²) >= 11 is 0. The molecule has 0 aromatic carbocycles. The minimum Gasteiger partial charge on any atom is -0.391 e. The van der Waals surface area contributed by atoms with Crippen LogP contribution < -0.4 is 11.4 Å². The highest BCUT2D eigenvalue weighted by molar-refractivity contribution is 5.23. The monoisotopic (exact) mass is 273 g/mol. The van der Waals surface area contributed by atoms with Crippen LogP contribution in [0.3, 0.4) is 0 Å². The molecule has 1 aromatic heterocycles. The van der Waals surface area contributed by atoms with Crippen molar-refractivity contribution in [1.29, 1.82) is 0 Å². The van der Waals surface area contributed by atoms with Gasteiger partial charge in [0, 0.05) is 6.20 Å². The minimum absolute atomic E-state index is 0.00688. The van der Waals surface area contributed by atoms with Gasteiger partial charge in [0.05, 0.1) is 6.10 Å². The molecule has 7 nitrogen and oxygen atoms in total. The van der Waals surface area contributed by atoms with Crippen molar-refractivity contribution in [2.45, 2.75) is 44.1 Å². The van der Waals surface area contributed by atoms with E-state index in [4.69, 9.17) is 10.5 Å². The van der Waals surface area contributed by atoms with Crippen molar-refractivity contribution >= 4 is 5.82 Å². The molecule has 1 aliphatic heterocycles. The van der Waals surface area contributed by atoms with Crippen molar-refractivity contribution in [3.05, 3.63) is 22.7 Å². The summed E-state index contributed by atoms with van der Waals surface area (Å²) < 4.78 is 20.7. The van der Waals surface area contributed by atoms with E-state index in [0.717, 1.165) is 11.5 Å². The van der Waals surface area contributed by atoms with E-state index < -0.39 is 35.9 Å². The molecule has 106 valence electrons. The van der Waals surface area contributed by atoms with Gasteiger partial charge in [-0.05, 0) is 19.9 Å². The SMILES string of the molecule is C[C@H](O)[C@H]1O[C@@H](n2ccc(N)nc2=O)[C@@](C)(F)[C@@H]1O. The minimum atomic E-state index is -2.23. The highest BCUT2D eigenvalue weighted by Gasteiger charge is 2.56. The summed E-state index contributed by atoms with van der Waals surface area (Å²) in [5.41, 5.74) is 2.33. The Hall–Kier alpha value is -1.51. The fourth-order valence-electron chi connectivity index (χ4n) is 2.14. The lowest BCUT2D eigenvalue weighted by Gasteiger charge is -2.24. The zero-order chi connectivity index (χ0) is 14.4. The Labute approximate surface area is 108 Å². The van der Waals surface area contributed by atoms with Gasteiger partial charge in [0.1, 0.15) is 18.0 Å². The number of anilines is 1. The summed E-state index contributed by atoms with van der Waals surface area (Å²) in [6.07, 6.45) is -3.88. The molecule has 4 N–H and O–H groups in total. The lowest BCUT2D eigenvalue weighted by molar-refractivity contribution is -0.0825. The normalized spacial score (nSPS) is 36.4. The number of ether oxygens (including phenoxy) is 1. The molecule has 0 saturated carbocycles. The van der Waals surface area contributed by atoms with Crippen LogP contribution in [0.4, 0.5) is 10.2 Å². The molecule has 1 aliphatic rings. The fraction of sp³-hybridized carbons (Fsp3) is 0.636. The summed E-state index contributed by atoms with van der Waals surface area (Å²) in [4.78, 5) is 15.2. The lowest BCUT2D eigenvalue weighted by Crippen LogP contribution is -2.44. The molecule has 1 fully saturated rings. The van der Waals surface area contributed by atoms with Crippen LogP contribution >= 0.6 is 0 Å². The summed E-state index contributed by atoms with van der Waals surface area (Å²) in [6, 6.07) is 1.32. The number of nitrogens with two attached hydrogens (primary N) is 1. The van der Waals surface area contributed by atoms with Crippen LogP contribution in [0, 0.1) is 0 Å². The molecule has 2 rings (SSSR count). The number of hydrogen-bond donors (Lipinski definition) is 3. The van der Waals surface area contributed by atoms with E-state index in [9.17, 15) is 19.4 Å². The molecule has 0 radical (unpaired) electrons. The predicted molar refractivity (Wildman–Crippen MR) is 64.0 cm³/mol. The van der Waals surface area contributed by atoms with Crippen LogP contribution in [0.5, 0.6) is 0 Å². The first-order chi connectivity index (χ1) is 8.75. The number of aliphatic hydroxyl groups excluding tert-OH is 2. The second-order valence-electron chi connectivity index (χ2n) is 4.83. The Bertz CT molecular complexity index is 531. The average molecular weight is 273 g/mol. The van der Waals surface area contributed by atoms with Crippen molar-refractivity contribution in [2.75, 3.05) is 5.73 Å². The third kappa shape index (κ3) is 2.22. The van der Waals surface area contributed by atoms with Gasteiger partial charge in [-0.1, -0.05) is 0 Å². The molecule has 8 heteroatoms. The quantitative estimate of drug-likeness (QED) is 0.650. The van der Waals surface area contributed by atoms with E-state index in [0.29, 0.717) is 0 Å². The van der Waals surface area contributed by atoms with Gasteiger partial charge in [-0.2, -0.15) is 4.98 Å². The van der Waals surface area contributed by atoms with Crippen LogP contribution in [-0.2, 0) is 4.74 Å². The van der Waals surface area contributed by atoms with Crippen LogP contribution in [0.15, 0.2) is 17.1 Å². The molecular weight excluding hydrogens is 257 g/mol. The largest absolute Gasteiger partial charge is 0.391 e. The number of nitrogen functional groups attached to an aromatic ring is 1. The van der Waals surface area contributed by atoms with Gasteiger partial charge in [-0.25, -0.2) is 9.18 Å². The van der Waals surface area contributed by atoms with E-state index in [-0.39, 0.29) is 5.82 Å². The second-order valence-corrected chi connectivity index (χ2v) is 4.83. The maximum Gasteiger partial charge on any atom is 0.351 e. The average Bonchev–Trinajstić information content (AvgIpc) is 2.52. The van der Waals surface area contributed by atoms with E-state index in [1.807, 2.05) is 0 Å². The van der Waals surface area contributed by atoms with Crippen LogP contribution in [0.25, 0.3) is 0 Å². The molecular formula is C11H16FN3O4. The Morgan fingerprint density at radius 1 is 1.68 bits per heavy atom. The fourth-order valence-corrected chi connectivity index (χ4v) is 2.14. The van der Waals surface area contributed by atoms with Gasteiger partial charge in [-0.3, -0.25) is 4.57 Å². The summed E-state index contributed by atoms with van der Waals surface area (Å²) in [6.45, 7) is 2.48. The molecule has 0 amide bonds. The number of hydrogen-bond acceptors (Lipinski definition) is 6. The number of nitrogens with zero attached hydrogens (tertiary/aromatic N) is 2. The van der Waals surface area contributed by atoms with Gasteiger partial charge < -0.3 is 20.7 Å². The highest BCUT2D eigenvalue weighted by Crippen LogP contribution is 2.41. The first kappa shape index (κ1) is 13.9. The van der Waals surface area contributed by atoms with E-state index >= 15 is 0 Å². The lowest BCUT2D eigenvalue weighted by atomic mass is 9.96. The topological polar surface area (TPSA) is 111 Å². The van der Waals surface area contributed by atoms with Gasteiger partial charge in [0.15, 0.2) is 11.9 Å². The predicted octanol–water partition coefficient (Wildman–Crippen LogP) is -0.807. The van der Waals surface area contributed by atoms with Gasteiger partial charge in [-0.15, -0.1) is 0 Å². The summed E-state index contributed by atoms with van der Waals surface area (Å²) in [5, 5.41) is 19.3. The first-order valence-corrected chi connectivity index (χ1v) is 5.80. The molecule has 0 aliphatic carbocycles. The van der Waals surface area contributed by atoms with Crippen molar-refractivity contribution < 1.29 is 19.3 Å². The summed E-state index contributed by atoms with van der Waals surface area (Å²) in [5.74, 6) is 0.00688. The molecule has 19 heavy (non-hydrogen) atoms. The smallest absolute Gasteiger partial charge is 0.351 e. The molecule has 5 atom stereocenters. The number of halogens is 1. The Morgan fingerprint density at radius 2 is 2.32 bits per heavy atom. The second kappa shape index (κ2) is 4.55. The maximum absolute atomic E-state index is 14.5. The van der Waals surface area contributed by atoms with Crippen LogP contribution in [-0.4, -0.2) is 43.7 Å². The maximum atomic E-state index is 14.5. The summed E-state index contributed by atoms with van der Waals surface area (Å²) in [7, 11) is 0. The number of alkyl halides is 1. The van der Waals surface area contributed by atoms with E-state index in [1.165, 1.54) is 19.2 Å². The van der Waals surface area contributed by atoms with Crippen molar-refractivity contribution in [3.8, 4) is 0 Å². The van der Waals surface area contributed by atoms with E-state index in [1.54, 1.807) is 0 Å². The molecule has 1 aromatic rings. The molecule has 0 bridgehead atoms. The molecule has 2 heterocycles. The van der Waals surface area contributed by atoms with Crippen LogP contribution in [0.1, 0.15) is 20.1 Å². The first-order valence-electron chi connectivity index (χ1n) is 5.80. The van der Waals surface area contributed by atoms with Crippen molar-refractivity contribution in [2.24, 2.45) is 0 Å².